The maximum Gasteiger partial charge on any atom is 0.252 e. The van der Waals surface area contributed by atoms with Gasteiger partial charge in [0.15, 0.2) is 0 Å². The van der Waals surface area contributed by atoms with E-state index in [0.717, 1.165) is 11.4 Å². The molecule has 23 heavy (non-hydrogen) atoms. The molecule has 3 N–H and O–H groups in total. The first-order chi connectivity index (χ1) is 10.9. The number of carbonyl (C=O) groups excluding carboxylic acids is 1. The van der Waals surface area contributed by atoms with Gasteiger partial charge in [0.2, 0.25) is 0 Å². The van der Waals surface area contributed by atoms with Crippen LogP contribution in [-0.2, 0) is 4.84 Å². The second kappa shape index (κ2) is 5.42. The summed E-state index contributed by atoms with van der Waals surface area (Å²) in [6, 6.07) is 6.58. The second-order valence-corrected chi connectivity index (χ2v) is 5.66. The lowest BCUT2D eigenvalue weighted by Crippen LogP contribution is -2.24. The molecule has 1 amide bonds. The van der Waals surface area contributed by atoms with Crippen molar-refractivity contribution in [3.05, 3.63) is 41.2 Å². The number of amides is 1. The lowest BCUT2D eigenvalue weighted by molar-refractivity contribution is 0.0888. The molecule has 1 aliphatic rings. The first-order valence-corrected chi connectivity index (χ1v) is 7.29. The number of carbonyl (C=O) groups is 1. The average molecular weight is 314 g/mol. The van der Waals surface area contributed by atoms with E-state index in [0.29, 0.717) is 17.0 Å². The average Bonchev–Trinajstić information content (AvgIpc) is 2.99. The Morgan fingerprint density at radius 3 is 2.48 bits per heavy atom. The molecule has 0 saturated heterocycles. The van der Waals surface area contributed by atoms with Gasteiger partial charge >= 0.3 is 0 Å². The standard InChI is InChI=1S/C16H18N4O3/c1-8-14(16(17)22)15(13-9(2)19-23-10(13)3)20(18-8)11-4-6-12(21)7-5-11/h4-7,10,13,21H,1-3H3,(H2,17,22). The molecule has 0 radical (unpaired) electrons. The van der Waals surface area contributed by atoms with E-state index in [1.54, 1.807) is 35.9 Å². The third-order valence-electron chi connectivity index (χ3n) is 4.01. The van der Waals surface area contributed by atoms with Crippen LogP contribution in [0.1, 0.15) is 41.5 Å². The van der Waals surface area contributed by atoms with Crippen LogP contribution in [-0.4, -0.2) is 32.6 Å². The van der Waals surface area contributed by atoms with Crippen molar-refractivity contribution >= 4 is 11.6 Å². The largest absolute Gasteiger partial charge is 0.508 e. The summed E-state index contributed by atoms with van der Waals surface area (Å²) in [6.07, 6.45) is -0.222. The van der Waals surface area contributed by atoms with Gasteiger partial charge in [-0.05, 0) is 45.0 Å². The number of aromatic hydroxyl groups is 1. The van der Waals surface area contributed by atoms with Crippen molar-refractivity contribution in [1.29, 1.82) is 0 Å². The van der Waals surface area contributed by atoms with Gasteiger partial charge in [-0.2, -0.15) is 5.10 Å². The molecule has 1 aliphatic heterocycles. The Balaban J connectivity index is 2.24. The number of aromatic nitrogens is 2. The van der Waals surface area contributed by atoms with E-state index in [-0.39, 0.29) is 17.8 Å². The molecule has 120 valence electrons. The summed E-state index contributed by atoms with van der Waals surface area (Å²) in [5.41, 5.74) is 8.65. The molecule has 0 spiro atoms. The van der Waals surface area contributed by atoms with Crippen LogP contribution in [0.15, 0.2) is 29.4 Å². The summed E-state index contributed by atoms with van der Waals surface area (Å²) < 4.78 is 1.67. The zero-order valence-electron chi connectivity index (χ0n) is 13.1. The number of hydrogen-bond acceptors (Lipinski definition) is 5. The minimum atomic E-state index is -0.533. The Hall–Kier alpha value is -2.83. The van der Waals surface area contributed by atoms with Gasteiger partial charge in [0.05, 0.1) is 34.3 Å². The van der Waals surface area contributed by atoms with Crippen molar-refractivity contribution in [2.45, 2.75) is 32.8 Å². The Labute approximate surface area is 133 Å². The number of phenolic OH excluding ortho intramolecular Hbond substituents is 1. The molecular formula is C16H18N4O3. The molecular weight excluding hydrogens is 296 g/mol. The molecule has 1 aromatic carbocycles. The van der Waals surface area contributed by atoms with Crippen molar-refractivity contribution < 1.29 is 14.7 Å². The van der Waals surface area contributed by atoms with E-state index < -0.39 is 5.91 Å². The minimum absolute atomic E-state index is 0.157. The number of rotatable bonds is 3. The number of primary amides is 1. The molecule has 0 saturated carbocycles. The summed E-state index contributed by atoms with van der Waals surface area (Å²) >= 11 is 0. The summed E-state index contributed by atoms with van der Waals surface area (Å²) in [5, 5.41) is 18.0. The molecule has 7 heteroatoms. The smallest absolute Gasteiger partial charge is 0.252 e. The van der Waals surface area contributed by atoms with E-state index in [1.807, 2.05) is 13.8 Å². The quantitative estimate of drug-likeness (QED) is 0.902. The Morgan fingerprint density at radius 2 is 1.96 bits per heavy atom. The van der Waals surface area contributed by atoms with Crippen LogP contribution in [0.4, 0.5) is 0 Å². The number of oxime groups is 1. The fourth-order valence-corrected chi connectivity index (χ4v) is 2.97. The van der Waals surface area contributed by atoms with Gasteiger partial charge in [0.25, 0.3) is 5.91 Å². The third kappa shape index (κ3) is 2.44. The van der Waals surface area contributed by atoms with E-state index in [1.165, 1.54) is 0 Å². The molecule has 2 atom stereocenters. The maximum atomic E-state index is 12.0. The molecule has 2 heterocycles. The lowest BCUT2D eigenvalue weighted by atomic mass is 9.91. The van der Waals surface area contributed by atoms with Gasteiger partial charge in [0.1, 0.15) is 11.9 Å². The predicted octanol–water partition coefficient (Wildman–Crippen LogP) is 1.86. The molecule has 0 fully saturated rings. The number of aryl methyl sites for hydroxylation is 1. The van der Waals surface area contributed by atoms with Gasteiger partial charge in [-0.3, -0.25) is 4.79 Å². The SMILES string of the molecule is CC1=NOC(C)C1c1c(C(N)=O)c(C)nn1-c1ccc(O)cc1. The van der Waals surface area contributed by atoms with E-state index in [4.69, 9.17) is 10.6 Å². The van der Waals surface area contributed by atoms with Crippen LogP contribution in [0, 0.1) is 6.92 Å². The zero-order valence-corrected chi connectivity index (χ0v) is 13.1. The van der Waals surface area contributed by atoms with Crippen LogP contribution in [0.3, 0.4) is 0 Å². The molecule has 0 bridgehead atoms. The number of phenols is 1. The molecule has 1 aromatic heterocycles. The van der Waals surface area contributed by atoms with Crippen molar-refractivity contribution in [1.82, 2.24) is 9.78 Å². The van der Waals surface area contributed by atoms with Crippen molar-refractivity contribution in [3.63, 3.8) is 0 Å². The fraction of sp³-hybridized carbons (Fsp3) is 0.312. The first kappa shape index (κ1) is 15.1. The predicted molar refractivity (Wildman–Crippen MR) is 84.9 cm³/mol. The van der Waals surface area contributed by atoms with Crippen molar-refractivity contribution in [2.24, 2.45) is 10.9 Å². The maximum absolute atomic E-state index is 12.0. The van der Waals surface area contributed by atoms with Crippen LogP contribution >= 0.6 is 0 Å². The van der Waals surface area contributed by atoms with Crippen LogP contribution in [0.2, 0.25) is 0 Å². The Kier molecular flexibility index (Phi) is 3.55. The van der Waals surface area contributed by atoms with E-state index in [9.17, 15) is 9.90 Å². The van der Waals surface area contributed by atoms with E-state index in [2.05, 4.69) is 10.3 Å². The number of hydrogen-bond donors (Lipinski definition) is 2. The summed E-state index contributed by atoms with van der Waals surface area (Å²) in [6.45, 7) is 5.48. The van der Waals surface area contributed by atoms with Gasteiger partial charge in [-0.15, -0.1) is 0 Å². The first-order valence-electron chi connectivity index (χ1n) is 7.29. The Bertz CT molecular complexity index is 792. The van der Waals surface area contributed by atoms with Gasteiger partial charge in [0, 0.05) is 0 Å². The molecule has 7 nitrogen and oxygen atoms in total. The minimum Gasteiger partial charge on any atom is -0.508 e. The highest BCUT2D eigenvalue weighted by atomic mass is 16.6. The highest BCUT2D eigenvalue weighted by Crippen LogP contribution is 2.34. The van der Waals surface area contributed by atoms with Gasteiger partial charge < -0.3 is 15.7 Å². The molecule has 2 unspecified atom stereocenters. The van der Waals surface area contributed by atoms with Crippen LogP contribution in [0.5, 0.6) is 5.75 Å². The third-order valence-corrected chi connectivity index (χ3v) is 4.01. The van der Waals surface area contributed by atoms with Crippen molar-refractivity contribution in [2.75, 3.05) is 0 Å². The zero-order chi connectivity index (χ0) is 16.7. The number of nitrogens with zero attached hydrogens (tertiary/aromatic N) is 3. The summed E-state index contributed by atoms with van der Waals surface area (Å²) in [7, 11) is 0. The topological polar surface area (TPSA) is 103 Å². The van der Waals surface area contributed by atoms with Crippen molar-refractivity contribution in [3.8, 4) is 11.4 Å². The second-order valence-electron chi connectivity index (χ2n) is 5.66. The highest BCUT2D eigenvalue weighted by Gasteiger charge is 2.37. The highest BCUT2D eigenvalue weighted by molar-refractivity contribution is 5.99. The monoisotopic (exact) mass is 314 g/mol. The number of nitrogens with two attached hydrogens (primary N) is 1. The fourth-order valence-electron chi connectivity index (χ4n) is 2.97. The Morgan fingerprint density at radius 1 is 1.30 bits per heavy atom. The lowest BCUT2D eigenvalue weighted by Gasteiger charge is -2.17. The normalized spacial score (nSPS) is 20.2. The summed E-state index contributed by atoms with van der Waals surface area (Å²) in [4.78, 5) is 17.3. The molecule has 2 aromatic rings. The number of benzene rings is 1. The van der Waals surface area contributed by atoms with Gasteiger partial charge in [-0.1, -0.05) is 5.16 Å². The summed E-state index contributed by atoms with van der Waals surface area (Å²) in [5.74, 6) is -0.591. The van der Waals surface area contributed by atoms with E-state index >= 15 is 0 Å². The molecule has 0 aliphatic carbocycles. The van der Waals surface area contributed by atoms with Crippen LogP contribution in [0.25, 0.3) is 5.69 Å². The molecule has 3 rings (SSSR count). The van der Waals surface area contributed by atoms with Gasteiger partial charge in [-0.25, -0.2) is 4.68 Å². The van der Waals surface area contributed by atoms with Crippen LogP contribution < -0.4 is 5.73 Å².